The van der Waals surface area contributed by atoms with Gasteiger partial charge in [-0.15, -0.1) is 5.10 Å². The fraction of sp³-hybridized carbons (Fsp3) is 0.227. The van der Waals surface area contributed by atoms with Gasteiger partial charge in [-0.25, -0.2) is 4.68 Å². The first-order valence-corrected chi connectivity index (χ1v) is 10.3. The molecule has 3 amide bonds. The molecule has 0 spiro atoms. The van der Waals surface area contributed by atoms with Gasteiger partial charge in [-0.2, -0.15) is 0 Å². The van der Waals surface area contributed by atoms with Crippen molar-refractivity contribution in [3.8, 4) is 5.69 Å². The van der Waals surface area contributed by atoms with Crippen molar-refractivity contribution >= 4 is 29.3 Å². The summed E-state index contributed by atoms with van der Waals surface area (Å²) in [6.07, 6.45) is 2.96. The summed E-state index contributed by atoms with van der Waals surface area (Å²) in [4.78, 5) is 38.3. The van der Waals surface area contributed by atoms with E-state index in [1.807, 2.05) is 36.5 Å². The highest BCUT2D eigenvalue weighted by Gasteiger charge is 2.40. The van der Waals surface area contributed by atoms with Gasteiger partial charge in [0.25, 0.3) is 5.91 Å². The Hall–Kier alpha value is -3.52. The van der Waals surface area contributed by atoms with Gasteiger partial charge in [0, 0.05) is 35.5 Å². The summed E-state index contributed by atoms with van der Waals surface area (Å²) in [7, 11) is 0. The number of hydrogen-bond donors (Lipinski definition) is 1. The Morgan fingerprint density at radius 2 is 1.97 bits per heavy atom. The minimum absolute atomic E-state index is 0.217. The average Bonchev–Trinajstić information content (AvgIpc) is 3.33. The maximum Gasteiger partial charge on any atom is 0.255 e. The Kier molecular flexibility index (Phi) is 4.78. The monoisotopic (exact) mass is 435 g/mol. The zero-order chi connectivity index (χ0) is 21.5. The van der Waals surface area contributed by atoms with Gasteiger partial charge in [0.15, 0.2) is 0 Å². The van der Waals surface area contributed by atoms with E-state index in [-0.39, 0.29) is 24.8 Å². The minimum Gasteiger partial charge on any atom is -0.322 e. The smallest absolute Gasteiger partial charge is 0.255 e. The van der Waals surface area contributed by atoms with Gasteiger partial charge in [0.05, 0.1) is 17.6 Å². The second-order valence-corrected chi connectivity index (χ2v) is 8.10. The highest BCUT2D eigenvalue weighted by molar-refractivity contribution is 6.30. The van der Waals surface area contributed by atoms with E-state index in [1.165, 1.54) is 4.90 Å². The number of carbonyl (C=O) groups excluding carboxylic acids is 3. The van der Waals surface area contributed by atoms with Crippen LogP contribution in [0.25, 0.3) is 5.69 Å². The molecule has 156 valence electrons. The summed E-state index contributed by atoms with van der Waals surface area (Å²) in [6, 6.07) is 12.3. The van der Waals surface area contributed by atoms with Crippen molar-refractivity contribution in [2.75, 3.05) is 0 Å². The van der Waals surface area contributed by atoms with Crippen LogP contribution in [0.4, 0.5) is 0 Å². The van der Waals surface area contributed by atoms with Crippen molar-refractivity contribution in [3.63, 3.8) is 0 Å². The van der Waals surface area contributed by atoms with Crippen molar-refractivity contribution in [1.82, 2.24) is 25.2 Å². The predicted octanol–water partition coefficient (Wildman–Crippen LogP) is 2.27. The highest BCUT2D eigenvalue weighted by atomic mass is 35.5. The van der Waals surface area contributed by atoms with Gasteiger partial charge in [-0.1, -0.05) is 35.0 Å². The largest absolute Gasteiger partial charge is 0.322 e. The number of carbonyl (C=O) groups is 3. The lowest BCUT2D eigenvalue weighted by Gasteiger charge is -2.29. The first-order valence-electron chi connectivity index (χ1n) is 9.92. The van der Waals surface area contributed by atoms with Crippen LogP contribution in [0.1, 0.15) is 40.0 Å². The van der Waals surface area contributed by atoms with Crippen LogP contribution >= 0.6 is 11.6 Å². The van der Waals surface area contributed by atoms with Crippen LogP contribution in [0, 0.1) is 0 Å². The molecule has 3 aromatic rings. The number of amides is 3. The number of nitrogens with zero attached hydrogens (tertiary/aromatic N) is 4. The number of aromatic nitrogens is 3. The van der Waals surface area contributed by atoms with E-state index in [2.05, 4.69) is 15.6 Å². The highest BCUT2D eigenvalue weighted by Crippen LogP contribution is 2.31. The van der Waals surface area contributed by atoms with E-state index >= 15 is 0 Å². The molecule has 1 fully saturated rings. The minimum atomic E-state index is -0.653. The summed E-state index contributed by atoms with van der Waals surface area (Å²) < 4.78 is 1.65. The van der Waals surface area contributed by atoms with E-state index in [4.69, 9.17) is 11.6 Å². The van der Waals surface area contributed by atoms with Gasteiger partial charge in [-0.05, 0) is 36.2 Å². The summed E-state index contributed by atoms with van der Waals surface area (Å²) in [5.74, 6) is -0.949. The van der Waals surface area contributed by atoms with Crippen molar-refractivity contribution in [2.45, 2.75) is 31.8 Å². The fourth-order valence-electron chi connectivity index (χ4n) is 4.14. The number of halogens is 1. The number of nitrogens with one attached hydrogen (secondary N) is 1. The van der Waals surface area contributed by atoms with E-state index in [0.717, 1.165) is 22.5 Å². The molecule has 0 aliphatic carbocycles. The normalized spacial score (nSPS) is 18.3. The van der Waals surface area contributed by atoms with Gasteiger partial charge in [0.2, 0.25) is 11.8 Å². The molecule has 9 heteroatoms. The molecule has 5 rings (SSSR count). The summed E-state index contributed by atoms with van der Waals surface area (Å²) >= 11 is 6.06. The molecule has 0 radical (unpaired) electrons. The molecule has 1 N–H and O–H groups in total. The van der Waals surface area contributed by atoms with Crippen LogP contribution in [0.3, 0.4) is 0 Å². The van der Waals surface area contributed by atoms with Crippen LogP contribution < -0.4 is 5.32 Å². The number of hydrogen-bond acceptors (Lipinski definition) is 5. The molecule has 1 unspecified atom stereocenters. The van der Waals surface area contributed by atoms with Crippen molar-refractivity contribution < 1.29 is 14.4 Å². The lowest BCUT2D eigenvalue weighted by molar-refractivity contribution is -0.136. The van der Waals surface area contributed by atoms with Gasteiger partial charge in [0.1, 0.15) is 6.04 Å². The number of benzene rings is 2. The number of fused-ring (bicyclic) bond motifs is 1. The lowest BCUT2D eigenvalue weighted by atomic mass is 10.0. The maximum absolute atomic E-state index is 13.0. The zero-order valence-electron chi connectivity index (χ0n) is 16.4. The average molecular weight is 436 g/mol. The van der Waals surface area contributed by atoms with Crippen molar-refractivity contribution in [2.24, 2.45) is 0 Å². The standard InChI is InChI=1S/C22H18ClN5O3/c23-14-4-1-3-13(9-14)10-15-11-28(26-25-15)18-6-2-5-16-17(18)12-27(22(16)31)19-7-8-20(29)24-21(19)30/h1-6,9,11,19H,7-8,10,12H2,(H,24,29,30). The van der Waals surface area contributed by atoms with Gasteiger partial charge in [-0.3, -0.25) is 19.7 Å². The Labute approximate surface area is 182 Å². The van der Waals surface area contributed by atoms with Crippen LogP contribution in [-0.2, 0) is 22.6 Å². The molecule has 3 heterocycles. The molecule has 1 aromatic heterocycles. The summed E-state index contributed by atoms with van der Waals surface area (Å²) in [5.41, 5.74) is 3.86. The molecule has 2 aromatic carbocycles. The molecule has 8 nitrogen and oxygen atoms in total. The predicted molar refractivity (Wildman–Crippen MR) is 112 cm³/mol. The first-order chi connectivity index (χ1) is 15.0. The van der Waals surface area contributed by atoms with Crippen LogP contribution in [0.5, 0.6) is 0 Å². The molecule has 31 heavy (non-hydrogen) atoms. The van der Waals surface area contributed by atoms with Crippen molar-refractivity contribution in [1.29, 1.82) is 0 Å². The third-order valence-electron chi connectivity index (χ3n) is 5.62. The maximum atomic E-state index is 13.0. The van der Waals surface area contributed by atoms with Gasteiger partial charge >= 0.3 is 0 Å². The number of piperidine rings is 1. The van der Waals surface area contributed by atoms with Crippen LogP contribution in [0.15, 0.2) is 48.7 Å². The quantitative estimate of drug-likeness (QED) is 0.634. The molecular weight excluding hydrogens is 418 g/mol. The summed E-state index contributed by atoms with van der Waals surface area (Å²) in [5, 5.41) is 11.5. The molecule has 2 aliphatic heterocycles. The second-order valence-electron chi connectivity index (χ2n) is 7.66. The van der Waals surface area contributed by atoms with E-state index in [0.29, 0.717) is 23.4 Å². The molecule has 0 bridgehead atoms. The topological polar surface area (TPSA) is 97.2 Å². The first kappa shape index (κ1) is 19.4. The summed E-state index contributed by atoms with van der Waals surface area (Å²) in [6.45, 7) is 0.278. The Morgan fingerprint density at radius 3 is 2.77 bits per heavy atom. The van der Waals surface area contributed by atoms with Crippen LogP contribution in [-0.4, -0.2) is 43.7 Å². The van der Waals surface area contributed by atoms with E-state index in [9.17, 15) is 14.4 Å². The Bertz CT molecular complexity index is 1220. The van der Waals surface area contributed by atoms with E-state index < -0.39 is 11.9 Å². The third-order valence-corrected chi connectivity index (χ3v) is 5.85. The molecule has 2 aliphatic rings. The molecule has 1 atom stereocenters. The van der Waals surface area contributed by atoms with Gasteiger partial charge < -0.3 is 4.90 Å². The zero-order valence-corrected chi connectivity index (χ0v) is 17.2. The van der Waals surface area contributed by atoms with Crippen LogP contribution in [0.2, 0.25) is 5.02 Å². The third kappa shape index (κ3) is 3.59. The lowest BCUT2D eigenvalue weighted by Crippen LogP contribution is -2.52. The second kappa shape index (κ2) is 7.63. The Morgan fingerprint density at radius 1 is 1.13 bits per heavy atom. The molecule has 1 saturated heterocycles. The molecular formula is C22H18ClN5O3. The number of imide groups is 1. The Balaban J connectivity index is 1.42. The molecule has 0 saturated carbocycles. The van der Waals surface area contributed by atoms with E-state index in [1.54, 1.807) is 16.8 Å². The SMILES string of the molecule is O=C1CCC(N2Cc3c(cccc3-n3cc(Cc4cccc(Cl)c4)nn3)C2=O)C(=O)N1. The van der Waals surface area contributed by atoms with Crippen molar-refractivity contribution in [3.05, 3.63) is 76.1 Å². The fourth-order valence-corrected chi connectivity index (χ4v) is 4.35. The number of rotatable bonds is 4.